The fraction of sp³-hybridized carbons (Fsp3) is 0.0769. The molecule has 29 heavy (non-hydrogen) atoms. The van der Waals surface area contributed by atoms with Gasteiger partial charge < -0.3 is 0 Å². The average Bonchev–Trinajstić information content (AvgIpc) is 2.98. The molecule has 0 aliphatic heterocycles. The Morgan fingerprint density at radius 3 is 1.52 bits per heavy atom. The maximum atomic E-state index is 3.75. The van der Waals surface area contributed by atoms with Crippen molar-refractivity contribution in [3.63, 3.8) is 0 Å². The van der Waals surface area contributed by atoms with Crippen molar-refractivity contribution in [2.24, 2.45) is 0 Å². The van der Waals surface area contributed by atoms with Gasteiger partial charge in [-0.3, -0.25) is 0 Å². The fourth-order valence-electron chi connectivity index (χ4n) is 4.75. The number of fused-ring (bicyclic) bond motifs is 3. The molecule has 1 aliphatic carbocycles. The lowest BCUT2D eigenvalue weighted by molar-refractivity contribution is 0.765. The van der Waals surface area contributed by atoms with Crippen LogP contribution < -0.4 is 0 Å². The first kappa shape index (κ1) is 19.3. The van der Waals surface area contributed by atoms with E-state index in [4.69, 9.17) is 0 Å². The Hall–Kier alpha value is -1.68. The first-order valence-corrected chi connectivity index (χ1v) is 11.8. The van der Waals surface area contributed by atoms with Crippen LogP contribution in [-0.4, -0.2) is 0 Å². The third kappa shape index (κ3) is 2.98. The van der Waals surface area contributed by atoms with Gasteiger partial charge in [-0.2, -0.15) is 0 Å². The van der Waals surface area contributed by atoms with Crippen LogP contribution in [0.2, 0.25) is 0 Å². The lowest BCUT2D eigenvalue weighted by atomic mass is 9.67. The minimum Gasteiger partial charge on any atom is -0.0619 e. The number of benzene rings is 4. The van der Waals surface area contributed by atoms with E-state index in [0.29, 0.717) is 0 Å². The summed E-state index contributed by atoms with van der Waals surface area (Å²) in [6.07, 6.45) is 0. The highest BCUT2D eigenvalue weighted by Crippen LogP contribution is 2.56. The topological polar surface area (TPSA) is 0 Å². The fourth-order valence-corrected chi connectivity index (χ4v) is 6.65. The first-order chi connectivity index (χ1) is 14.0. The van der Waals surface area contributed by atoms with E-state index in [-0.39, 0.29) is 5.41 Å². The lowest BCUT2D eigenvalue weighted by Gasteiger charge is -2.34. The summed E-state index contributed by atoms with van der Waals surface area (Å²) in [6.45, 7) is 2.16. The third-order valence-electron chi connectivity index (χ3n) is 5.72. The van der Waals surface area contributed by atoms with E-state index in [0.717, 1.165) is 13.4 Å². The predicted octanol–water partition coefficient (Wildman–Crippen LogP) is 8.65. The Morgan fingerprint density at radius 2 is 1.00 bits per heavy atom. The summed E-state index contributed by atoms with van der Waals surface area (Å²) >= 11 is 11.2. The van der Waals surface area contributed by atoms with E-state index in [1.807, 2.05) is 0 Å². The van der Waals surface area contributed by atoms with E-state index in [2.05, 4.69) is 140 Å². The van der Waals surface area contributed by atoms with Crippen molar-refractivity contribution >= 4 is 47.8 Å². The Bertz CT molecular complexity index is 1120. The Morgan fingerprint density at radius 1 is 0.552 bits per heavy atom. The van der Waals surface area contributed by atoms with E-state index in [9.17, 15) is 0 Å². The molecular weight excluding hydrogens is 552 g/mol. The molecule has 4 aromatic rings. The van der Waals surface area contributed by atoms with Gasteiger partial charge in [0.15, 0.2) is 0 Å². The van der Waals surface area contributed by atoms with Crippen molar-refractivity contribution in [3.05, 3.63) is 126 Å². The van der Waals surface area contributed by atoms with Gasteiger partial charge in [-0.1, -0.05) is 102 Å². The van der Waals surface area contributed by atoms with Crippen molar-refractivity contribution < 1.29 is 0 Å². The minimum atomic E-state index is -0.381. The molecule has 4 aromatic carbocycles. The van der Waals surface area contributed by atoms with Crippen LogP contribution in [0.3, 0.4) is 0 Å². The summed E-state index contributed by atoms with van der Waals surface area (Å²) in [5, 5.41) is 0. The third-order valence-corrected chi connectivity index (χ3v) is 7.10. The zero-order valence-corrected chi connectivity index (χ0v) is 20.5. The van der Waals surface area contributed by atoms with Crippen LogP contribution in [0, 0.1) is 6.92 Å². The van der Waals surface area contributed by atoms with E-state index < -0.39 is 0 Å². The van der Waals surface area contributed by atoms with Crippen molar-refractivity contribution in [2.45, 2.75) is 12.3 Å². The van der Waals surface area contributed by atoms with Crippen molar-refractivity contribution in [1.29, 1.82) is 0 Å². The second-order valence-corrected chi connectivity index (χ2v) is 10.3. The van der Waals surface area contributed by atoms with Gasteiger partial charge in [0.1, 0.15) is 0 Å². The molecule has 0 nitrogen and oxygen atoms in total. The van der Waals surface area contributed by atoms with Crippen LogP contribution in [0.15, 0.2) is 98.3 Å². The molecule has 0 N–H and O–H groups in total. The number of rotatable bonds is 2. The molecule has 142 valence electrons. The SMILES string of the molecule is Cc1cc(Br)cc(C2(c3cc(Br)cc(Br)c3)c3ccccc3-c3ccccc32)c1. The lowest BCUT2D eigenvalue weighted by Crippen LogP contribution is -2.28. The van der Waals surface area contributed by atoms with E-state index in [1.165, 1.54) is 38.9 Å². The summed E-state index contributed by atoms with van der Waals surface area (Å²) in [5.74, 6) is 0. The number of aryl methyl sites for hydroxylation is 1. The standard InChI is InChI=1S/C26H17Br3/c1-16-10-17(12-19(27)11-16)26(18-13-20(28)15-21(29)14-18)24-8-4-2-6-22(24)23-7-3-5-9-25(23)26/h2-15H,1H3. The molecule has 0 atom stereocenters. The van der Waals surface area contributed by atoms with E-state index >= 15 is 0 Å². The van der Waals surface area contributed by atoms with Crippen LogP contribution in [0.25, 0.3) is 11.1 Å². The number of hydrogen-bond acceptors (Lipinski definition) is 0. The molecule has 1 aliphatic rings. The van der Waals surface area contributed by atoms with Gasteiger partial charge in [0.05, 0.1) is 5.41 Å². The summed E-state index contributed by atoms with van der Waals surface area (Å²) in [7, 11) is 0. The first-order valence-electron chi connectivity index (χ1n) is 9.44. The van der Waals surface area contributed by atoms with Crippen LogP contribution in [-0.2, 0) is 5.41 Å². The monoisotopic (exact) mass is 566 g/mol. The van der Waals surface area contributed by atoms with Crippen molar-refractivity contribution in [2.75, 3.05) is 0 Å². The average molecular weight is 569 g/mol. The molecule has 0 unspecified atom stereocenters. The minimum absolute atomic E-state index is 0.381. The highest BCUT2D eigenvalue weighted by atomic mass is 79.9. The molecule has 3 heteroatoms. The Balaban J connectivity index is 2.00. The molecule has 0 spiro atoms. The smallest absolute Gasteiger partial charge is 0.0619 e. The molecule has 0 radical (unpaired) electrons. The van der Waals surface area contributed by atoms with Gasteiger partial charge in [-0.05, 0) is 76.2 Å². The summed E-state index contributed by atoms with van der Waals surface area (Å²) in [5.41, 5.74) is 8.62. The van der Waals surface area contributed by atoms with Gasteiger partial charge in [0, 0.05) is 13.4 Å². The van der Waals surface area contributed by atoms with E-state index in [1.54, 1.807) is 0 Å². The van der Waals surface area contributed by atoms with Crippen molar-refractivity contribution in [1.82, 2.24) is 0 Å². The second-order valence-electron chi connectivity index (χ2n) is 7.52. The summed E-state index contributed by atoms with van der Waals surface area (Å²) in [4.78, 5) is 0. The summed E-state index contributed by atoms with van der Waals surface area (Å²) < 4.78 is 3.23. The quantitative estimate of drug-likeness (QED) is 0.200. The van der Waals surface area contributed by atoms with Crippen LogP contribution in [0.4, 0.5) is 0 Å². The Kier molecular flexibility index (Phi) is 4.81. The molecule has 5 rings (SSSR count). The molecule has 0 saturated heterocycles. The molecule has 0 saturated carbocycles. The van der Waals surface area contributed by atoms with Gasteiger partial charge in [-0.25, -0.2) is 0 Å². The van der Waals surface area contributed by atoms with Gasteiger partial charge in [-0.15, -0.1) is 0 Å². The van der Waals surface area contributed by atoms with Crippen molar-refractivity contribution in [3.8, 4) is 11.1 Å². The zero-order valence-electron chi connectivity index (χ0n) is 15.7. The maximum Gasteiger partial charge on any atom is 0.0714 e. The molecular formula is C26H17Br3. The van der Waals surface area contributed by atoms with Gasteiger partial charge in [0.25, 0.3) is 0 Å². The zero-order chi connectivity index (χ0) is 20.2. The van der Waals surface area contributed by atoms with Gasteiger partial charge in [0.2, 0.25) is 0 Å². The van der Waals surface area contributed by atoms with Crippen LogP contribution >= 0.6 is 47.8 Å². The molecule has 0 fully saturated rings. The normalized spacial score (nSPS) is 13.8. The number of hydrogen-bond donors (Lipinski definition) is 0. The van der Waals surface area contributed by atoms with Crippen LogP contribution in [0.1, 0.15) is 27.8 Å². The number of halogens is 3. The summed E-state index contributed by atoms with van der Waals surface area (Å²) in [6, 6.07) is 31.0. The Labute approximate surface area is 196 Å². The predicted molar refractivity (Wildman–Crippen MR) is 132 cm³/mol. The van der Waals surface area contributed by atoms with Crippen LogP contribution in [0.5, 0.6) is 0 Å². The highest BCUT2D eigenvalue weighted by Gasteiger charge is 2.46. The highest BCUT2D eigenvalue weighted by molar-refractivity contribution is 9.11. The molecule has 0 bridgehead atoms. The maximum absolute atomic E-state index is 3.75. The molecule has 0 aromatic heterocycles. The molecule has 0 heterocycles. The molecule has 0 amide bonds. The second kappa shape index (κ2) is 7.23. The largest absolute Gasteiger partial charge is 0.0714 e. The van der Waals surface area contributed by atoms with Gasteiger partial charge >= 0.3 is 0 Å².